The largest absolute Gasteiger partial charge is 0.496 e. The van der Waals surface area contributed by atoms with E-state index >= 15 is 0 Å². The Morgan fingerprint density at radius 3 is 2.67 bits per heavy atom. The molecule has 0 saturated heterocycles. The van der Waals surface area contributed by atoms with Gasteiger partial charge in [-0.3, -0.25) is 9.69 Å². The molecule has 0 unspecified atom stereocenters. The third-order valence-corrected chi connectivity index (χ3v) is 5.21. The topological polar surface area (TPSA) is 59.4 Å². The zero-order valence-corrected chi connectivity index (χ0v) is 18.7. The molecule has 0 fully saturated rings. The summed E-state index contributed by atoms with van der Waals surface area (Å²) in [5.74, 6) is 0.948. The quantitative estimate of drug-likeness (QED) is 0.541. The number of benzene rings is 2. The standard InChI is InChI=1S/C22H24BrFN4O2/c1-27(13-16-12-17(23)6-9-19(16)30-3)14-20(29)26-21(22-25-10-11-28(22)2)15-4-7-18(24)8-5-15/h4-12,21H,13-14H2,1-3H3,(H,26,29)/t21-/m1/s1. The van der Waals surface area contributed by atoms with Crippen LogP contribution in [0.15, 0.2) is 59.3 Å². The summed E-state index contributed by atoms with van der Waals surface area (Å²) in [5, 5.41) is 3.03. The van der Waals surface area contributed by atoms with Crippen LogP contribution in [0.4, 0.5) is 4.39 Å². The van der Waals surface area contributed by atoms with Gasteiger partial charge in [0.05, 0.1) is 13.7 Å². The SMILES string of the molecule is COc1ccc(Br)cc1CN(C)CC(=O)N[C@H](c1ccc(F)cc1)c1nccn1C. The summed E-state index contributed by atoms with van der Waals surface area (Å²) in [5.41, 5.74) is 1.73. The molecule has 1 aromatic heterocycles. The minimum Gasteiger partial charge on any atom is -0.496 e. The second-order valence-electron chi connectivity index (χ2n) is 7.08. The first-order chi connectivity index (χ1) is 14.4. The van der Waals surface area contributed by atoms with Crippen LogP contribution in [0.1, 0.15) is 23.0 Å². The molecule has 0 bridgehead atoms. The summed E-state index contributed by atoms with van der Waals surface area (Å²) >= 11 is 3.47. The average Bonchev–Trinajstić information content (AvgIpc) is 3.12. The Balaban J connectivity index is 1.72. The molecule has 0 radical (unpaired) electrons. The Labute approximate surface area is 183 Å². The van der Waals surface area contributed by atoms with E-state index in [1.165, 1.54) is 12.1 Å². The van der Waals surface area contributed by atoms with Crippen molar-refractivity contribution in [2.45, 2.75) is 12.6 Å². The van der Waals surface area contributed by atoms with Crippen molar-refractivity contribution in [3.05, 3.63) is 82.1 Å². The van der Waals surface area contributed by atoms with Gasteiger partial charge < -0.3 is 14.6 Å². The minimum absolute atomic E-state index is 0.163. The molecular formula is C22H24BrFN4O2. The van der Waals surface area contributed by atoms with Crippen molar-refractivity contribution >= 4 is 21.8 Å². The van der Waals surface area contributed by atoms with Crippen molar-refractivity contribution in [1.82, 2.24) is 19.8 Å². The van der Waals surface area contributed by atoms with E-state index in [-0.39, 0.29) is 18.3 Å². The number of amides is 1. The summed E-state index contributed by atoms with van der Waals surface area (Å²) in [6.07, 6.45) is 3.48. The molecule has 1 heterocycles. The van der Waals surface area contributed by atoms with Crippen LogP contribution in [0.3, 0.4) is 0 Å². The first kappa shape index (κ1) is 22.0. The highest BCUT2D eigenvalue weighted by Crippen LogP contribution is 2.24. The van der Waals surface area contributed by atoms with Gasteiger partial charge in [0, 0.05) is 36.0 Å². The van der Waals surface area contributed by atoms with E-state index in [0.717, 1.165) is 21.3 Å². The van der Waals surface area contributed by atoms with E-state index in [0.29, 0.717) is 12.4 Å². The highest BCUT2D eigenvalue weighted by atomic mass is 79.9. The predicted molar refractivity (Wildman–Crippen MR) is 117 cm³/mol. The molecule has 3 aromatic rings. The van der Waals surface area contributed by atoms with Crippen LogP contribution in [0.2, 0.25) is 0 Å². The Morgan fingerprint density at radius 2 is 2.03 bits per heavy atom. The van der Waals surface area contributed by atoms with Gasteiger partial charge in [0.15, 0.2) is 0 Å². The number of imidazole rings is 1. The number of nitrogens with zero attached hydrogens (tertiary/aromatic N) is 3. The Kier molecular flexibility index (Phi) is 7.23. The molecule has 8 heteroatoms. The summed E-state index contributed by atoms with van der Waals surface area (Å²) < 4.78 is 21.6. The number of hydrogen-bond acceptors (Lipinski definition) is 4. The van der Waals surface area contributed by atoms with E-state index in [2.05, 4.69) is 26.2 Å². The maximum Gasteiger partial charge on any atom is 0.235 e. The molecule has 1 atom stereocenters. The summed E-state index contributed by atoms with van der Waals surface area (Å²) in [4.78, 5) is 19.1. The number of aryl methyl sites for hydroxylation is 1. The molecule has 0 spiro atoms. The average molecular weight is 475 g/mol. The van der Waals surface area contributed by atoms with E-state index in [9.17, 15) is 9.18 Å². The number of carbonyl (C=O) groups is 1. The van der Waals surface area contributed by atoms with E-state index < -0.39 is 6.04 Å². The van der Waals surface area contributed by atoms with Crippen LogP contribution in [0.25, 0.3) is 0 Å². The van der Waals surface area contributed by atoms with Gasteiger partial charge in [0.25, 0.3) is 0 Å². The molecular weight excluding hydrogens is 451 g/mol. The zero-order chi connectivity index (χ0) is 21.7. The molecule has 1 N–H and O–H groups in total. The Hall–Kier alpha value is -2.71. The van der Waals surface area contributed by atoms with E-state index in [1.54, 1.807) is 25.4 Å². The fourth-order valence-corrected chi connectivity index (χ4v) is 3.69. The van der Waals surface area contributed by atoms with Gasteiger partial charge in [-0.05, 0) is 42.9 Å². The van der Waals surface area contributed by atoms with Gasteiger partial charge in [-0.2, -0.15) is 0 Å². The minimum atomic E-state index is -0.480. The van der Waals surface area contributed by atoms with Gasteiger partial charge in [-0.15, -0.1) is 0 Å². The number of nitrogens with one attached hydrogen (secondary N) is 1. The monoisotopic (exact) mass is 474 g/mol. The number of likely N-dealkylation sites (N-methyl/N-ethyl adjacent to an activating group) is 1. The van der Waals surface area contributed by atoms with Gasteiger partial charge in [0.2, 0.25) is 5.91 Å². The normalized spacial score (nSPS) is 12.1. The fourth-order valence-electron chi connectivity index (χ4n) is 3.28. The number of methoxy groups -OCH3 is 1. The molecule has 0 aliphatic rings. The van der Waals surface area contributed by atoms with Crippen LogP contribution < -0.4 is 10.1 Å². The lowest BCUT2D eigenvalue weighted by molar-refractivity contribution is -0.122. The number of halogens is 2. The maximum absolute atomic E-state index is 13.4. The lowest BCUT2D eigenvalue weighted by atomic mass is 10.1. The third-order valence-electron chi connectivity index (χ3n) is 4.72. The van der Waals surface area contributed by atoms with Crippen LogP contribution in [-0.2, 0) is 18.4 Å². The summed E-state index contributed by atoms with van der Waals surface area (Å²) in [6, 6.07) is 11.4. The molecule has 2 aromatic carbocycles. The molecule has 158 valence electrons. The number of hydrogen-bond donors (Lipinski definition) is 1. The predicted octanol–water partition coefficient (Wildman–Crippen LogP) is 3.67. The van der Waals surface area contributed by atoms with Crippen LogP contribution in [-0.4, -0.2) is 41.1 Å². The van der Waals surface area contributed by atoms with Gasteiger partial charge in [-0.1, -0.05) is 28.1 Å². The van der Waals surface area contributed by atoms with Crippen molar-refractivity contribution in [2.24, 2.45) is 7.05 Å². The Morgan fingerprint density at radius 1 is 1.30 bits per heavy atom. The highest BCUT2D eigenvalue weighted by molar-refractivity contribution is 9.10. The van der Waals surface area contributed by atoms with Crippen molar-refractivity contribution in [3.63, 3.8) is 0 Å². The molecule has 0 aliphatic heterocycles. The van der Waals surface area contributed by atoms with Gasteiger partial charge >= 0.3 is 0 Å². The van der Waals surface area contributed by atoms with Crippen molar-refractivity contribution in [2.75, 3.05) is 20.7 Å². The third kappa shape index (κ3) is 5.46. The lowest BCUT2D eigenvalue weighted by Crippen LogP contribution is -2.38. The molecule has 0 saturated carbocycles. The van der Waals surface area contributed by atoms with Crippen LogP contribution >= 0.6 is 15.9 Å². The van der Waals surface area contributed by atoms with Crippen molar-refractivity contribution in [1.29, 1.82) is 0 Å². The van der Waals surface area contributed by atoms with Crippen LogP contribution in [0, 0.1) is 5.82 Å². The van der Waals surface area contributed by atoms with Gasteiger partial charge in [-0.25, -0.2) is 9.37 Å². The second-order valence-corrected chi connectivity index (χ2v) is 7.99. The molecule has 0 aliphatic carbocycles. The first-order valence-corrected chi connectivity index (χ1v) is 10.2. The number of ether oxygens (including phenoxy) is 1. The number of carbonyl (C=O) groups excluding carboxylic acids is 1. The van der Waals surface area contributed by atoms with Gasteiger partial charge in [0.1, 0.15) is 23.4 Å². The smallest absolute Gasteiger partial charge is 0.235 e. The zero-order valence-electron chi connectivity index (χ0n) is 17.1. The lowest BCUT2D eigenvalue weighted by Gasteiger charge is -2.22. The van der Waals surface area contributed by atoms with Crippen molar-refractivity contribution in [3.8, 4) is 5.75 Å². The Bertz CT molecular complexity index is 1010. The van der Waals surface area contributed by atoms with Crippen molar-refractivity contribution < 1.29 is 13.9 Å². The fraction of sp³-hybridized carbons (Fsp3) is 0.273. The molecule has 3 rings (SSSR count). The molecule has 30 heavy (non-hydrogen) atoms. The summed E-state index contributed by atoms with van der Waals surface area (Å²) in [7, 11) is 5.35. The molecule has 6 nitrogen and oxygen atoms in total. The summed E-state index contributed by atoms with van der Waals surface area (Å²) in [6.45, 7) is 0.720. The second kappa shape index (κ2) is 9.86. The van der Waals surface area contributed by atoms with E-state index in [4.69, 9.17) is 4.74 Å². The van der Waals surface area contributed by atoms with Crippen LogP contribution in [0.5, 0.6) is 5.75 Å². The number of rotatable bonds is 8. The van der Waals surface area contributed by atoms with E-state index in [1.807, 2.05) is 48.0 Å². The number of aromatic nitrogens is 2. The molecule has 1 amide bonds. The maximum atomic E-state index is 13.4. The highest BCUT2D eigenvalue weighted by Gasteiger charge is 2.21. The first-order valence-electron chi connectivity index (χ1n) is 9.40.